The highest BCUT2D eigenvalue weighted by molar-refractivity contribution is 6.16. The van der Waals surface area contributed by atoms with Crippen molar-refractivity contribution in [1.82, 2.24) is 0 Å². The molecular formula is C17H20O4. The van der Waals surface area contributed by atoms with Crippen LogP contribution in [0.1, 0.15) is 37.7 Å². The molecule has 1 aromatic rings. The highest BCUT2D eigenvalue weighted by atomic mass is 16.6. The molecule has 0 heterocycles. The van der Waals surface area contributed by atoms with E-state index >= 15 is 0 Å². The average Bonchev–Trinajstić information content (AvgIpc) is 2.55. The molecule has 4 nitrogen and oxygen atoms in total. The summed E-state index contributed by atoms with van der Waals surface area (Å²) in [4.78, 5) is 24.4. The minimum atomic E-state index is -1.15. The number of esters is 2. The van der Waals surface area contributed by atoms with Gasteiger partial charge in [-0.05, 0) is 31.2 Å². The van der Waals surface area contributed by atoms with Crippen molar-refractivity contribution in [3.05, 3.63) is 42.5 Å². The van der Waals surface area contributed by atoms with Gasteiger partial charge < -0.3 is 9.47 Å². The monoisotopic (exact) mass is 288 g/mol. The number of hydrogen-bond donors (Lipinski definition) is 0. The zero-order valence-corrected chi connectivity index (χ0v) is 12.3. The van der Waals surface area contributed by atoms with Crippen LogP contribution in [0.25, 0.3) is 5.57 Å². The summed E-state index contributed by atoms with van der Waals surface area (Å²) in [7, 11) is 1.32. The van der Waals surface area contributed by atoms with Gasteiger partial charge in [-0.1, -0.05) is 43.3 Å². The van der Waals surface area contributed by atoms with Gasteiger partial charge in [0, 0.05) is 0 Å². The molecule has 0 atom stereocenters. The van der Waals surface area contributed by atoms with Gasteiger partial charge in [0.2, 0.25) is 5.60 Å². The van der Waals surface area contributed by atoms with E-state index in [1.54, 1.807) is 12.1 Å². The lowest BCUT2D eigenvalue weighted by atomic mass is 9.84. The lowest BCUT2D eigenvalue weighted by Gasteiger charge is -2.34. The summed E-state index contributed by atoms with van der Waals surface area (Å²) in [5, 5.41) is 0. The molecule has 0 bridgehead atoms. The Bertz CT molecular complexity index is 527. The van der Waals surface area contributed by atoms with Gasteiger partial charge in [-0.3, -0.25) is 0 Å². The number of rotatable bonds is 4. The highest BCUT2D eigenvalue weighted by Crippen LogP contribution is 2.34. The van der Waals surface area contributed by atoms with Crippen molar-refractivity contribution >= 4 is 17.5 Å². The van der Waals surface area contributed by atoms with Crippen LogP contribution in [0.15, 0.2) is 36.9 Å². The third-order valence-electron chi connectivity index (χ3n) is 3.88. The molecule has 0 N–H and O–H groups in total. The molecule has 0 spiro atoms. The molecule has 0 unspecified atom stereocenters. The number of hydrogen-bond acceptors (Lipinski definition) is 4. The molecule has 1 aliphatic rings. The number of methoxy groups -OCH3 is 1. The first-order valence-electron chi connectivity index (χ1n) is 7.15. The van der Waals surface area contributed by atoms with Gasteiger partial charge in [0.25, 0.3) is 0 Å². The maximum Gasteiger partial charge on any atom is 0.350 e. The Morgan fingerprint density at radius 2 is 1.71 bits per heavy atom. The molecule has 1 fully saturated rings. The SMILES string of the molecule is C=C(C(=O)OC1(C(=O)OC)CCCCC1)c1ccccc1. The van der Waals surface area contributed by atoms with Crippen LogP contribution >= 0.6 is 0 Å². The minimum absolute atomic E-state index is 0.254. The molecule has 0 amide bonds. The molecule has 2 rings (SSSR count). The maximum atomic E-state index is 12.3. The summed E-state index contributed by atoms with van der Waals surface area (Å²) in [6.45, 7) is 3.78. The fourth-order valence-electron chi connectivity index (χ4n) is 2.65. The number of carbonyl (C=O) groups excluding carboxylic acids is 2. The van der Waals surface area contributed by atoms with Crippen molar-refractivity contribution in [2.75, 3.05) is 7.11 Å². The van der Waals surface area contributed by atoms with E-state index in [2.05, 4.69) is 6.58 Å². The Morgan fingerprint density at radius 3 is 2.29 bits per heavy atom. The van der Waals surface area contributed by atoms with Crippen LogP contribution in [-0.2, 0) is 19.1 Å². The number of ether oxygens (including phenoxy) is 2. The highest BCUT2D eigenvalue weighted by Gasteiger charge is 2.44. The van der Waals surface area contributed by atoms with E-state index < -0.39 is 17.5 Å². The summed E-state index contributed by atoms with van der Waals surface area (Å²) in [6.07, 6.45) is 3.75. The second-order valence-electron chi connectivity index (χ2n) is 5.28. The van der Waals surface area contributed by atoms with Crippen molar-refractivity contribution in [3.63, 3.8) is 0 Å². The van der Waals surface area contributed by atoms with Gasteiger partial charge in [-0.15, -0.1) is 0 Å². The number of benzene rings is 1. The van der Waals surface area contributed by atoms with E-state index in [0.717, 1.165) is 19.3 Å². The van der Waals surface area contributed by atoms with Crippen LogP contribution in [0.5, 0.6) is 0 Å². The van der Waals surface area contributed by atoms with E-state index in [1.165, 1.54) is 7.11 Å². The van der Waals surface area contributed by atoms with E-state index in [-0.39, 0.29) is 5.57 Å². The topological polar surface area (TPSA) is 52.6 Å². The zero-order chi connectivity index (χ0) is 15.3. The van der Waals surface area contributed by atoms with Gasteiger partial charge in [-0.2, -0.15) is 0 Å². The Morgan fingerprint density at radius 1 is 1.10 bits per heavy atom. The standard InChI is InChI=1S/C17H20O4/c1-13(14-9-5-3-6-10-14)15(18)21-17(16(19)20-2)11-7-4-8-12-17/h3,5-6,9-10H,1,4,7-8,11-12H2,2H3. The summed E-state index contributed by atoms with van der Waals surface area (Å²) in [5.41, 5.74) is -0.204. The maximum absolute atomic E-state index is 12.3. The van der Waals surface area contributed by atoms with Crippen molar-refractivity contribution in [2.45, 2.75) is 37.7 Å². The van der Waals surface area contributed by atoms with Crippen molar-refractivity contribution < 1.29 is 19.1 Å². The Hall–Kier alpha value is -2.10. The van der Waals surface area contributed by atoms with Crippen molar-refractivity contribution in [3.8, 4) is 0 Å². The van der Waals surface area contributed by atoms with Crippen LogP contribution in [0, 0.1) is 0 Å². The van der Waals surface area contributed by atoms with Gasteiger partial charge in [0.1, 0.15) is 0 Å². The van der Waals surface area contributed by atoms with Gasteiger partial charge in [0.05, 0.1) is 12.7 Å². The van der Waals surface area contributed by atoms with E-state index in [4.69, 9.17) is 9.47 Å². The molecule has 1 aromatic carbocycles. The second kappa shape index (κ2) is 6.57. The van der Waals surface area contributed by atoms with Gasteiger partial charge in [-0.25, -0.2) is 9.59 Å². The van der Waals surface area contributed by atoms with Gasteiger partial charge in [0.15, 0.2) is 0 Å². The summed E-state index contributed by atoms with van der Waals surface area (Å²) < 4.78 is 10.4. The van der Waals surface area contributed by atoms with Crippen molar-refractivity contribution in [2.24, 2.45) is 0 Å². The molecule has 112 valence electrons. The first-order valence-corrected chi connectivity index (χ1v) is 7.15. The van der Waals surface area contributed by atoms with E-state index in [9.17, 15) is 9.59 Å². The minimum Gasteiger partial charge on any atom is -0.466 e. The van der Waals surface area contributed by atoms with Gasteiger partial charge >= 0.3 is 11.9 Å². The summed E-state index contributed by atoms with van der Waals surface area (Å²) in [5.74, 6) is -1.04. The molecule has 1 aliphatic carbocycles. The normalized spacial score (nSPS) is 16.8. The van der Waals surface area contributed by atoms with Crippen LogP contribution in [0.3, 0.4) is 0 Å². The summed E-state index contributed by atoms with van der Waals surface area (Å²) in [6, 6.07) is 9.08. The van der Waals surface area contributed by atoms with Crippen LogP contribution in [-0.4, -0.2) is 24.6 Å². The molecule has 4 heteroatoms. The quantitative estimate of drug-likeness (QED) is 0.631. The largest absolute Gasteiger partial charge is 0.466 e. The summed E-state index contributed by atoms with van der Waals surface area (Å²) >= 11 is 0. The Balaban J connectivity index is 2.15. The predicted molar refractivity (Wildman–Crippen MR) is 79.4 cm³/mol. The number of carbonyl (C=O) groups is 2. The van der Waals surface area contributed by atoms with Crippen LogP contribution < -0.4 is 0 Å². The van der Waals surface area contributed by atoms with E-state index in [1.807, 2.05) is 18.2 Å². The smallest absolute Gasteiger partial charge is 0.350 e. The Kier molecular flexibility index (Phi) is 4.78. The average molecular weight is 288 g/mol. The fourth-order valence-corrected chi connectivity index (χ4v) is 2.65. The lowest BCUT2D eigenvalue weighted by Crippen LogP contribution is -2.45. The Labute approximate surface area is 124 Å². The molecule has 0 aliphatic heterocycles. The molecule has 1 saturated carbocycles. The van der Waals surface area contributed by atoms with Crippen molar-refractivity contribution in [1.29, 1.82) is 0 Å². The molecule has 0 radical (unpaired) electrons. The first-order chi connectivity index (χ1) is 10.1. The van der Waals surface area contributed by atoms with Crippen LogP contribution in [0.2, 0.25) is 0 Å². The second-order valence-corrected chi connectivity index (χ2v) is 5.28. The third kappa shape index (κ3) is 3.32. The molecule has 0 aromatic heterocycles. The predicted octanol–water partition coefficient (Wildman–Crippen LogP) is 3.12. The molecule has 21 heavy (non-hydrogen) atoms. The fraction of sp³-hybridized carbons (Fsp3) is 0.412. The van der Waals surface area contributed by atoms with E-state index in [0.29, 0.717) is 18.4 Å². The lowest BCUT2D eigenvalue weighted by molar-refractivity contribution is -0.181. The first kappa shape index (κ1) is 15.3. The third-order valence-corrected chi connectivity index (χ3v) is 3.88. The van der Waals surface area contributed by atoms with Crippen LogP contribution in [0.4, 0.5) is 0 Å². The molecule has 0 saturated heterocycles. The zero-order valence-electron chi connectivity index (χ0n) is 12.3. The molecular weight excluding hydrogens is 268 g/mol.